The molecule has 0 spiro atoms. The minimum Gasteiger partial charge on any atom is -0.445 e. The number of rotatable bonds is 39. The molecular weight excluding hydrogens is 1260 g/mol. The number of unbranched alkanes of at least 4 members (excludes halogenated alkanes) is 2. The minimum atomic E-state index is -4.82. The van der Waals surface area contributed by atoms with Crippen molar-refractivity contribution in [2.75, 3.05) is 46.2 Å². The lowest BCUT2D eigenvalue weighted by Crippen LogP contribution is -2.59. The number of anilines is 1. The van der Waals surface area contributed by atoms with Crippen LogP contribution in [0.25, 0.3) is 0 Å². The first-order valence-corrected chi connectivity index (χ1v) is 34.6. The highest BCUT2D eigenvalue weighted by molar-refractivity contribution is 7.52. The third-order valence-corrected chi connectivity index (χ3v) is 18.8. The van der Waals surface area contributed by atoms with Crippen LogP contribution >= 0.6 is 7.60 Å². The van der Waals surface area contributed by atoms with Crippen LogP contribution < -0.4 is 37.6 Å². The topological polar surface area (TPSA) is 392 Å². The van der Waals surface area contributed by atoms with Crippen LogP contribution in [-0.2, 0) is 75.0 Å². The van der Waals surface area contributed by atoms with E-state index in [1.54, 1.807) is 108 Å². The van der Waals surface area contributed by atoms with Crippen molar-refractivity contribution in [3.05, 3.63) is 77.9 Å². The molecule has 0 aromatic heterocycles. The van der Waals surface area contributed by atoms with E-state index in [9.17, 15) is 71.9 Å². The van der Waals surface area contributed by atoms with E-state index in [4.69, 9.17) is 15.2 Å². The minimum absolute atomic E-state index is 0.0679. The zero-order chi connectivity index (χ0) is 71.7. The summed E-state index contributed by atoms with van der Waals surface area (Å²) in [5.41, 5.74) is 6.65. The monoisotopic (exact) mass is 1360 g/mol. The van der Waals surface area contributed by atoms with Gasteiger partial charge in [0.15, 0.2) is 0 Å². The van der Waals surface area contributed by atoms with Gasteiger partial charge in [0.1, 0.15) is 42.8 Å². The van der Waals surface area contributed by atoms with Gasteiger partial charge in [0.2, 0.25) is 41.4 Å². The highest BCUT2D eigenvalue weighted by Crippen LogP contribution is 2.42. The summed E-state index contributed by atoms with van der Waals surface area (Å²) in [6.07, 6.45) is 4.20. The number of imide groups is 1. The zero-order valence-electron chi connectivity index (χ0n) is 57.4. The molecular formula is C67H102N11O17P. The van der Waals surface area contributed by atoms with Crippen molar-refractivity contribution in [2.24, 2.45) is 41.2 Å². The Bertz CT molecular complexity index is 3060. The molecule has 2 aliphatic heterocycles. The Hall–Kier alpha value is -8.07. The molecule has 1 saturated heterocycles. The number of likely N-dealkylation sites (tertiary alicyclic amines) is 1. The van der Waals surface area contributed by atoms with Crippen LogP contribution in [0.3, 0.4) is 0 Å². The van der Waals surface area contributed by atoms with E-state index < -0.39 is 133 Å². The van der Waals surface area contributed by atoms with Crippen LogP contribution in [0.1, 0.15) is 138 Å². The smallest absolute Gasteiger partial charge is 0.410 e. The van der Waals surface area contributed by atoms with Crippen LogP contribution in [0.4, 0.5) is 15.3 Å². The third-order valence-electron chi connectivity index (χ3n) is 17.7. The largest absolute Gasteiger partial charge is 0.445 e. The Balaban J connectivity index is 1.39. The summed E-state index contributed by atoms with van der Waals surface area (Å²) in [6.45, 7) is 16.0. The molecule has 4 rings (SSSR count). The Morgan fingerprint density at radius 2 is 1.39 bits per heavy atom. The number of urea groups is 1. The molecule has 2 heterocycles. The quantitative estimate of drug-likeness (QED) is 0.0192. The van der Waals surface area contributed by atoms with Gasteiger partial charge >= 0.3 is 19.7 Å². The van der Waals surface area contributed by atoms with Gasteiger partial charge in [0.25, 0.3) is 11.8 Å². The van der Waals surface area contributed by atoms with E-state index in [0.717, 1.165) is 9.80 Å². The van der Waals surface area contributed by atoms with E-state index in [1.807, 2.05) is 13.8 Å². The van der Waals surface area contributed by atoms with E-state index in [2.05, 4.69) is 31.9 Å². The van der Waals surface area contributed by atoms with Crippen LogP contribution in [-0.4, -0.2) is 190 Å². The lowest BCUT2D eigenvalue weighted by atomic mass is 9.84. The number of hydrogen-bond donors (Lipinski definition) is 9. The fourth-order valence-electron chi connectivity index (χ4n) is 12.1. The van der Waals surface area contributed by atoms with Gasteiger partial charge < -0.3 is 71.5 Å². The Kier molecular flexibility index (Phi) is 32.3. The van der Waals surface area contributed by atoms with Crippen molar-refractivity contribution < 1.29 is 81.4 Å². The van der Waals surface area contributed by atoms with Crippen LogP contribution in [0, 0.1) is 35.5 Å². The summed E-state index contributed by atoms with van der Waals surface area (Å²) >= 11 is 0. The maximum absolute atomic E-state index is 14.8. The van der Waals surface area contributed by atoms with Gasteiger partial charge in [-0.05, 0) is 85.5 Å². The maximum Gasteiger partial charge on any atom is 0.410 e. The van der Waals surface area contributed by atoms with Crippen LogP contribution in [0.15, 0.2) is 66.7 Å². The van der Waals surface area contributed by atoms with Crippen molar-refractivity contribution in [3.63, 3.8) is 0 Å². The predicted molar refractivity (Wildman–Crippen MR) is 357 cm³/mol. The fraction of sp³-hybridized carbons (Fsp3) is 0.612. The first-order valence-electron chi connectivity index (χ1n) is 33.0. The predicted octanol–water partition coefficient (Wildman–Crippen LogP) is 4.50. The normalized spacial score (nSPS) is 17.1. The Morgan fingerprint density at radius 3 is 1.95 bits per heavy atom. The molecule has 29 heteroatoms. The summed E-state index contributed by atoms with van der Waals surface area (Å²) in [7, 11) is -0.521. The first-order chi connectivity index (χ1) is 45.3. The van der Waals surface area contributed by atoms with Crippen molar-refractivity contribution >= 4 is 84.9 Å². The molecule has 532 valence electrons. The zero-order valence-corrected chi connectivity index (χ0v) is 58.3. The lowest BCUT2D eigenvalue weighted by Gasteiger charge is -2.40. The first kappa shape index (κ1) is 80.4. The molecule has 1 fully saturated rings. The van der Waals surface area contributed by atoms with Crippen molar-refractivity contribution in [3.8, 4) is 0 Å². The lowest BCUT2D eigenvalue weighted by molar-refractivity contribution is -0.145. The molecule has 11 atom stereocenters. The number of carbonyl (C=O) groups excluding carboxylic acids is 12. The SMILES string of the molecule is CCC(C)[C@@H]([C@H](C=O)CC(=O)N1CCC[C@H]1[C@H](OC)[C@H](C)C(=O)NC(Cc1ccccc1)P(=O)(O)O)N(C)C(=O)[C@@H](NC(=O)[C@H](C(C)C)N(C)C(=O)OCc1ccc(NC(=O)[C@H](CCCNC(N)=O)NC(=O)[C@@H](NC(=O)CCCCCN2C(=O)C=CC2=O)C(C)C)cc1)C(C)C. The number of aldehydes is 1. The summed E-state index contributed by atoms with van der Waals surface area (Å²) in [5, 5.41) is 16.1. The molecule has 96 heavy (non-hydrogen) atoms. The highest BCUT2D eigenvalue weighted by Gasteiger charge is 2.45. The summed E-state index contributed by atoms with van der Waals surface area (Å²) in [4.78, 5) is 185. The molecule has 2 aromatic rings. The number of ether oxygens (including phenoxy) is 2. The third kappa shape index (κ3) is 23.9. The van der Waals surface area contributed by atoms with E-state index >= 15 is 0 Å². The van der Waals surface area contributed by atoms with Crippen molar-refractivity contribution in [2.45, 2.75) is 188 Å². The number of amides is 12. The van der Waals surface area contributed by atoms with E-state index in [1.165, 1.54) is 38.3 Å². The van der Waals surface area contributed by atoms with Crippen LogP contribution in [0.2, 0.25) is 0 Å². The number of likely N-dealkylation sites (N-methyl/N-ethyl adjacent to an activating group) is 2. The molecule has 0 aliphatic carbocycles. The molecule has 0 bridgehead atoms. The molecule has 28 nitrogen and oxygen atoms in total. The van der Waals surface area contributed by atoms with Gasteiger partial charge in [0, 0.05) is 89.9 Å². The number of nitrogens with one attached hydrogen (secondary N) is 6. The Labute approximate surface area is 563 Å². The van der Waals surface area contributed by atoms with Crippen molar-refractivity contribution in [1.82, 2.24) is 46.2 Å². The van der Waals surface area contributed by atoms with E-state index in [-0.39, 0.29) is 82.0 Å². The number of methoxy groups -OCH3 is 1. The second kappa shape index (κ2) is 38.6. The van der Waals surface area contributed by atoms with Crippen molar-refractivity contribution in [1.29, 1.82) is 0 Å². The molecule has 12 amide bonds. The number of primary amides is 1. The van der Waals surface area contributed by atoms with Gasteiger partial charge in [-0.15, -0.1) is 0 Å². The molecule has 0 radical (unpaired) electrons. The van der Waals surface area contributed by atoms with Crippen LogP contribution in [0.5, 0.6) is 0 Å². The number of nitrogens with two attached hydrogens (primary N) is 1. The summed E-state index contributed by atoms with van der Waals surface area (Å²) in [6, 6.07) is 8.18. The molecule has 2 unspecified atom stereocenters. The average Bonchev–Trinajstić information content (AvgIpc) is 1.56. The van der Waals surface area contributed by atoms with Gasteiger partial charge in [-0.3, -0.25) is 57.5 Å². The Morgan fingerprint density at radius 1 is 0.750 bits per heavy atom. The molecule has 10 N–H and O–H groups in total. The second-order valence-electron chi connectivity index (χ2n) is 25.9. The van der Waals surface area contributed by atoms with Gasteiger partial charge in [0.05, 0.1) is 18.1 Å². The highest BCUT2D eigenvalue weighted by atomic mass is 31.2. The summed E-state index contributed by atoms with van der Waals surface area (Å²) in [5.74, 6) is -9.93. The number of nitrogens with zero attached hydrogens (tertiary/aromatic N) is 4. The number of hydrogen-bond acceptors (Lipinski definition) is 15. The molecule has 0 saturated carbocycles. The number of carbonyl (C=O) groups is 12. The molecule has 2 aromatic carbocycles. The second-order valence-corrected chi connectivity index (χ2v) is 27.7. The average molecular weight is 1360 g/mol. The van der Waals surface area contributed by atoms with E-state index in [0.29, 0.717) is 61.6 Å². The van der Waals surface area contributed by atoms with Gasteiger partial charge in [-0.2, -0.15) is 0 Å². The molecule has 2 aliphatic rings. The number of benzene rings is 2. The van der Waals surface area contributed by atoms with Gasteiger partial charge in [-0.25, -0.2) is 9.59 Å². The summed E-state index contributed by atoms with van der Waals surface area (Å²) < 4.78 is 24.1. The standard InChI is InChI=1S/C67H102N11O17P/c1-13-43(8)59(47(38-79)37-55(83)77-35-21-25-50(77)60(94-12)44(9)61(84)73-52(96(91,92)93)36-45-22-16-14-17-23-45)75(10)65(88)57(41(4)5)74-64(87)58(42(6)7)76(11)67(90)95-39-46-27-29-48(30-28-46)70-62(85)49(24-20-33-69-66(68)89)71-63(86)56(40(2)3)72-51(80)26-18-15-19-34-78-53(81)31-32-54(78)82/h14,16-17,22-23,27-32,38,40-44,47,49-50,52,56-60H,13,15,18-21,24-26,33-37,39H2,1-12H3,(H,70,85)(H,71,86)(H,72,80)(H,73,84)(H,74,87)(H3,68,69,89)(H2,91,92,93)/t43?,44-,47-,49-,50-,52?,56-,57-,58-,59-,60+/m0/s1. The van der Waals surface area contributed by atoms with Gasteiger partial charge in [-0.1, -0.05) is 118 Å². The fourth-order valence-corrected chi connectivity index (χ4v) is 12.9. The maximum atomic E-state index is 14.8.